The quantitative estimate of drug-likeness (QED) is 0.847. The molecule has 2 atom stereocenters. The summed E-state index contributed by atoms with van der Waals surface area (Å²) in [7, 11) is 0. The fourth-order valence-corrected chi connectivity index (χ4v) is 4.85. The maximum absolute atomic E-state index is 12.9. The lowest BCUT2D eigenvalue weighted by Crippen LogP contribution is -2.49. The van der Waals surface area contributed by atoms with Gasteiger partial charge >= 0.3 is 5.97 Å². The molecule has 0 aliphatic heterocycles. The number of rotatable bonds is 5. The van der Waals surface area contributed by atoms with Gasteiger partial charge in [0.25, 0.3) is 0 Å². The first-order chi connectivity index (χ1) is 13.1. The van der Waals surface area contributed by atoms with Gasteiger partial charge in [0.15, 0.2) is 0 Å². The lowest BCUT2D eigenvalue weighted by molar-refractivity contribution is -0.156. The minimum Gasteiger partial charge on any atom is -0.481 e. The van der Waals surface area contributed by atoms with Crippen LogP contribution in [0.2, 0.25) is 0 Å². The molecule has 5 nitrogen and oxygen atoms in total. The zero-order valence-electron chi connectivity index (χ0n) is 15.2. The molecule has 5 rings (SSSR count). The summed E-state index contributed by atoms with van der Waals surface area (Å²) >= 11 is 0. The smallest absolute Gasteiger partial charge is 0.307 e. The number of hydrogen-bond donors (Lipinski definition) is 2. The van der Waals surface area contributed by atoms with Crippen molar-refractivity contribution < 1.29 is 14.7 Å². The molecule has 140 valence electrons. The van der Waals surface area contributed by atoms with Gasteiger partial charge < -0.3 is 10.4 Å². The standard InChI is InChI=1S/C22H24N2O3/c25-21(19-16-3-5-17(6-4-16)20(19)22(26)27)24-18-7-1-14(2-8-18)13-15-9-11-23-12-10-15/h1-2,7-12,16-17,19-20H,3-6,13H2,(H,24,25)(H,26,27)/t16?,17?,19-,20+/m0/s1. The van der Waals surface area contributed by atoms with Crippen molar-refractivity contribution >= 4 is 17.6 Å². The SMILES string of the molecule is O=C(O)[C@@H]1C2CCC(CC2)[C@@H]1C(=O)Nc1ccc(Cc2ccncc2)cc1. The van der Waals surface area contributed by atoms with Gasteiger partial charge in [0.05, 0.1) is 11.8 Å². The van der Waals surface area contributed by atoms with Crippen LogP contribution in [0.3, 0.4) is 0 Å². The van der Waals surface area contributed by atoms with E-state index in [1.165, 1.54) is 5.56 Å². The van der Waals surface area contributed by atoms with E-state index in [9.17, 15) is 14.7 Å². The highest BCUT2D eigenvalue weighted by Crippen LogP contribution is 2.49. The number of carboxylic acids is 1. The van der Waals surface area contributed by atoms with Gasteiger partial charge in [-0.3, -0.25) is 14.6 Å². The summed E-state index contributed by atoms with van der Waals surface area (Å²) in [6.45, 7) is 0. The van der Waals surface area contributed by atoms with E-state index in [0.29, 0.717) is 0 Å². The van der Waals surface area contributed by atoms with Gasteiger partial charge in [-0.15, -0.1) is 0 Å². The van der Waals surface area contributed by atoms with Crippen LogP contribution in [0.25, 0.3) is 0 Å². The Hall–Kier alpha value is -2.69. The fraction of sp³-hybridized carbons (Fsp3) is 0.409. The number of aliphatic carboxylic acids is 1. The average molecular weight is 364 g/mol. The molecule has 3 aliphatic rings. The van der Waals surface area contributed by atoms with E-state index in [0.717, 1.165) is 43.4 Å². The molecule has 2 bridgehead atoms. The molecule has 0 spiro atoms. The van der Waals surface area contributed by atoms with Crippen molar-refractivity contribution in [3.05, 3.63) is 59.9 Å². The van der Waals surface area contributed by atoms with Crippen molar-refractivity contribution in [2.45, 2.75) is 32.1 Å². The maximum atomic E-state index is 12.9. The van der Waals surface area contributed by atoms with Gasteiger partial charge in [0.2, 0.25) is 5.91 Å². The van der Waals surface area contributed by atoms with Crippen LogP contribution in [0.15, 0.2) is 48.8 Å². The minimum absolute atomic E-state index is 0.140. The number of carbonyl (C=O) groups is 2. The largest absolute Gasteiger partial charge is 0.481 e. The van der Waals surface area contributed by atoms with Crippen molar-refractivity contribution in [2.24, 2.45) is 23.7 Å². The van der Waals surface area contributed by atoms with Crippen LogP contribution in [0.4, 0.5) is 5.69 Å². The number of anilines is 1. The second kappa shape index (κ2) is 7.51. The molecule has 3 aliphatic carbocycles. The molecule has 5 heteroatoms. The van der Waals surface area contributed by atoms with E-state index >= 15 is 0 Å². The van der Waals surface area contributed by atoms with E-state index in [-0.39, 0.29) is 17.7 Å². The van der Waals surface area contributed by atoms with Crippen LogP contribution >= 0.6 is 0 Å². The topological polar surface area (TPSA) is 79.3 Å². The predicted molar refractivity (Wildman–Crippen MR) is 102 cm³/mol. The number of benzene rings is 1. The molecule has 1 amide bonds. The van der Waals surface area contributed by atoms with E-state index in [1.807, 2.05) is 36.4 Å². The van der Waals surface area contributed by atoms with Crippen molar-refractivity contribution in [1.82, 2.24) is 4.98 Å². The normalized spacial score (nSPS) is 26.5. The summed E-state index contributed by atoms with van der Waals surface area (Å²) in [4.78, 5) is 28.6. The third-order valence-electron chi connectivity index (χ3n) is 6.19. The van der Waals surface area contributed by atoms with E-state index < -0.39 is 17.8 Å². The van der Waals surface area contributed by atoms with Gasteiger partial charge in [-0.25, -0.2) is 0 Å². The van der Waals surface area contributed by atoms with Crippen molar-refractivity contribution in [3.8, 4) is 0 Å². The predicted octanol–water partition coefficient (Wildman–Crippen LogP) is 3.75. The highest BCUT2D eigenvalue weighted by molar-refractivity contribution is 5.95. The van der Waals surface area contributed by atoms with E-state index in [4.69, 9.17) is 0 Å². The molecule has 2 N–H and O–H groups in total. The molecule has 3 saturated carbocycles. The van der Waals surface area contributed by atoms with Crippen molar-refractivity contribution in [1.29, 1.82) is 0 Å². The van der Waals surface area contributed by atoms with Crippen LogP contribution in [0.5, 0.6) is 0 Å². The Kier molecular flexibility index (Phi) is 4.92. The highest BCUT2D eigenvalue weighted by atomic mass is 16.4. The summed E-state index contributed by atoms with van der Waals surface area (Å²) in [5.41, 5.74) is 3.06. The zero-order valence-corrected chi connectivity index (χ0v) is 15.2. The number of hydrogen-bond acceptors (Lipinski definition) is 3. The summed E-state index contributed by atoms with van der Waals surface area (Å²) in [6, 6.07) is 11.8. The number of nitrogens with one attached hydrogen (secondary N) is 1. The molecule has 0 radical (unpaired) electrons. The number of fused-ring (bicyclic) bond motifs is 3. The van der Waals surface area contributed by atoms with E-state index in [2.05, 4.69) is 10.3 Å². The lowest BCUT2D eigenvalue weighted by Gasteiger charge is -2.45. The summed E-state index contributed by atoms with van der Waals surface area (Å²) in [5.74, 6) is -1.57. The summed E-state index contributed by atoms with van der Waals surface area (Å²) in [6.07, 6.45) is 8.19. The number of carboxylic acid groups (broad SMARTS) is 1. The van der Waals surface area contributed by atoms with Gasteiger partial charge in [0.1, 0.15) is 0 Å². The second-order valence-corrected chi connectivity index (χ2v) is 7.78. The van der Waals surface area contributed by atoms with Crippen LogP contribution in [0.1, 0.15) is 36.8 Å². The fourth-order valence-electron chi connectivity index (χ4n) is 4.85. The lowest BCUT2D eigenvalue weighted by atomic mass is 9.58. The van der Waals surface area contributed by atoms with Gasteiger partial charge in [-0.1, -0.05) is 12.1 Å². The first kappa shape index (κ1) is 17.7. The molecule has 1 aromatic heterocycles. The van der Waals surface area contributed by atoms with Crippen molar-refractivity contribution in [2.75, 3.05) is 5.32 Å². The van der Waals surface area contributed by atoms with Gasteiger partial charge in [0, 0.05) is 18.1 Å². The molecular weight excluding hydrogens is 340 g/mol. The number of pyridine rings is 1. The van der Waals surface area contributed by atoms with Crippen LogP contribution in [0, 0.1) is 23.7 Å². The number of aromatic nitrogens is 1. The summed E-state index contributed by atoms with van der Waals surface area (Å²) in [5, 5.41) is 12.6. The number of carbonyl (C=O) groups excluding carboxylic acids is 1. The Morgan fingerprint density at radius 1 is 0.889 bits per heavy atom. The third kappa shape index (κ3) is 3.72. The Bertz CT molecular complexity index is 811. The minimum atomic E-state index is -0.822. The number of amides is 1. The molecule has 1 aromatic carbocycles. The first-order valence-electron chi connectivity index (χ1n) is 9.63. The van der Waals surface area contributed by atoms with Crippen LogP contribution in [-0.2, 0) is 16.0 Å². The third-order valence-corrected chi connectivity index (χ3v) is 6.19. The molecule has 1 heterocycles. The number of nitrogens with zero attached hydrogens (tertiary/aromatic N) is 1. The van der Waals surface area contributed by atoms with Gasteiger partial charge in [-0.05, 0) is 79.3 Å². The molecular formula is C22H24N2O3. The average Bonchev–Trinajstić information content (AvgIpc) is 2.70. The molecule has 0 unspecified atom stereocenters. The molecule has 0 saturated heterocycles. The molecule has 3 fully saturated rings. The molecule has 2 aromatic rings. The summed E-state index contributed by atoms with van der Waals surface area (Å²) < 4.78 is 0. The van der Waals surface area contributed by atoms with E-state index in [1.54, 1.807) is 12.4 Å². The monoisotopic (exact) mass is 364 g/mol. The Labute approximate surface area is 158 Å². The van der Waals surface area contributed by atoms with Crippen LogP contribution < -0.4 is 5.32 Å². The Morgan fingerprint density at radius 2 is 1.44 bits per heavy atom. The highest BCUT2D eigenvalue weighted by Gasteiger charge is 2.50. The van der Waals surface area contributed by atoms with Crippen molar-refractivity contribution in [3.63, 3.8) is 0 Å². The molecule has 27 heavy (non-hydrogen) atoms. The Morgan fingerprint density at radius 3 is 2.04 bits per heavy atom. The first-order valence-corrected chi connectivity index (χ1v) is 9.63. The second-order valence-electron chi connectivity index (χ2n) is 7.78. The van der Waals surface area contributed by atoms with Crippen LogP contribution in [-0.4, -0.2) is 22.0 Å². The maximum Gasteiger partial charge on any atom is 0.307 e. The zero-order chi connectivity index (χ0) is 18.8. The Balaban J connectivity index is 1.44. The van der Waals surface area contributed by atoms with Gasteiger partial charge in [-0.2, -0.15) is 0 Å².